The Morgan fingerprint density at radius 3 is 1.81 bits per heavy atom. The van der Waals surface area contributed by atoms with E-state index in [0.717, 1.165) is 44.3 Å². The number of thioether (sulfide) groups is 1. The number of carbonyl (C=O) groups is 1. The molecule has 3 aromatic carbocycles. The molecule has 8 nitrogen and oxygen atoms in total. The Hall–Kier alpha value is -3.50. The van der Waals surface area contributed by atoms with E-state index < -0.39 is 10.0 Å². The minimum Gasteiger partial charge on any atom is -0.378 e. The highest BCUT2D eigenvalue weighted by molar-refractivity contribution is 8.00. The Kier molecular flexibility index (Phi) is 7.28. The number of amides is 1. The maximum atomic E-state index is 12.8. The quantitative estimate of drug-likeness (QED) is 0.257. The summed E-state index contributed by atoms with van der Waals surface area (Å²) >= 11 is 1.48. The SMILES string of the molecule is CN(C)c1ccc2c(SCC(=O)Nc3ccc(NS(C)(=O)=O)cc3)c3ccc(N(C)C)cc3nc2c1. The van der Waals surface area contributed by atoms with Crippen LogP contribution in [0.4, 0.5) is 22.7 Å². The Morgan fingerprint density at radius 2 is 1.33 bits per heavy atom. The number of carbonyl (C=O) groups excluding carboxylic acids is 1. The first kappa shape index (κ1) is 25.6. The molecule has 0 unspecified atom stereocenters. The number of anilines is 4. The molecular formula is C26H29N5O3S2. The van der Waals surface area contributed by atoms with Crippen LogP contribution in [-0.4, -0.2) is 59.5 Å². The van der Waals surface area contributed by atoms with Crippen LogP contribution in [0.15, 0.2) is 65.6 Å². The number of pyridine rings is 1. The van der Waals surface area contributed by atoms with Gasteiger partial charge in [-0.2, -0.15) is 0 Å². The van der Waals surface area contributed by atoms with E-state index >= 15 is 0 Å². The molecule has 0 aliphatic carbocycles. The zero-order chi connectivity index (χ0) is 26.0. The molecule has 0 atom stereocenters. The van der Waals surface area contributed by atoms with Crippen molar-refractivity contribution in [1.29, 1.82) is 0 Å². The monoisotopic (exact) mass is 523 g/mol. The third kappa shape index (κ3) is 6.00. The first-order valence-electron chi connectivity index (χ1n) is 11.2. The topological polar surface area (TPSA) is 94.6 Å². The highest BCUT2D eigenvalue weighted by atomic mass is 32.2. The van der Waals surface area contributed by atoms with Crippen LogP contribution in [0, 0.1) is 0 Å². The average molecular weight is 524 g/mol. The summed E-state index contributed by atoms with van der Waals surface area (Å²) in [5.41, 5.74) is 4.90. The zero-order valence-corrected chi connectivity index (χ0v) is 22.5. The van der Waals surface area contributed by atoms with Crippen LogP contribution in [0.25, 0.3) is 21.8 Å². The van der Waals surface area contributed by atoms with Crippen LogP contribution in [0.1, 0.15) is 0 Å². The summed E-state index contributed by atoms with van der Waals surface area (Å²) in [4.78, 5) is 22.8. The summed E-state index contributed by atoms with van der Waals surface area (Å²) in [6.07, 6.45) is 1.09. The largest absolute Gasteiger partial charge is 0.378 e. The average Bonchev–Trinajstić information content (AvgIpc) is 2.81. The Bertz CT molecular complexity index is 1470. The number of nitrogens with one attached hydrogen (secondary N) is 2. The molecular weight excluding hydrogens is 494 g/mol. The lowest BCUT2D eigenvalue weighted by molar-refractivity contribution is -0.113. The van der Waals surface area contributed by atoms with Gasteiger partial charge in [-0.15, -0.1) is 11.8 Å². The highest BCUT2D eigenvalue weighted by Gasteiger charge is 2.14. The fraction of sp³-hybridized carbons (Fsp3) is 0.231. The Morgan fingerprint density at radius 1 is 0.833 bits per heavy atom. The van der Waals surface area contributed by atoms with Gasteiger partial charge in [0.25, 0.3) is 0 Å². The number of nitrogens with zero attached hydrogens (tertiary/aromatic N) is 3. The van der Waals surface area contributed by atoms with E-state index in [1.807, 2.05) is 38.0 Å². The van der Waals surface area contributed by atoms with Gasteiger partial charge in [0.2, 0.25) is 15.9 Å². The predicted molar refractivity (Wildman–Crippen MR) is 152 cm³/mol. The minimum atomic E-state index is -3.35. The molecule has 4 aromatic rings. The third-order valence-electron chi connectivity index (χ3n) is 5.55. The summed E-state index contributed by atoms with van der Waals surface area (Å²) in [5.74, 6) is 0.0550. The van der Waals surface area contributed by atoms with Crippen molar-refractivity contribution in [1.82, 2.24) is 4.98 Å². The molecule has 0 aliphatic heterocycles. The van der Waals surface area contributed by atoms with Crippen LogP contribution in [0.5, 0.6) is 0 Å². The Labute approximate surface area is 215 Å². The molecule has 0 aliphatic rings. The maximum Gasteiger partial charge on any atom is 0.234 e. The molecule has 0 fully saturated rings. The van der Waals surface area contributed by atoms with Crippen LogP contribution in [0.3, 0.4) is 0 Å². The van der Waals surface area contributed by atoms with Gasteiger partial charge in [0, 0.05) is 66.6 Å². The fourth-order valence-electron chi connectivity index (χ4n) is 3.77. The Balaban J connectivity index is 1.61. The number of sulfonamides is 1. The van der Waals surface area contributed by atoms with Crippen molar-refractivity contribution in [3.8, 4) is 0 Å². The summed E-state index contributed by atoms with van der Waals surface area (Å²) in [6, 6.07) is 18.9. The molecule has 2 N–H and O–H groups in total. The lowest BCUT2D eigenvalue weighted by Crippen LogP contribution is -2.14. The predicted octanol–water partition coefficient (Wildman–Crippen LogP) is 4.62. The van der Waals surface area contributed by atoms with Crippen molar-refractivity contribution in [2.75, 3.05) is 60.0 Å². The van der Waals surface area contributed by atoms with Crippen LogP contribution < -0.4 is 19.8 Å². The number of fused-ring (bicyclic) bond motifs is 2. The summed E-state index contributed by atoms with van der Waals surface area (Å²) in [7, 11) is 4.63. The molecule has 4 rings (SSSR count). The van der Waals surface area contributed by atoms with Gasteiger partial charge >= 0.3 is 0 Å². The standard InChI is InChI=1S/C26H29N5O3S2/c1-30(2)19-10-12-21-23(14-19)28-24-15-20(31(3)4)11-13-22(24)26(21)35-16-25(32)27-17-6-8-18(9-7-17)29-36(5,33)34/h6-15,29H,16H2,1-5H3,(H,27,32). The minimum absolute atomic E-state index is 0.156. The number of rotatable bonds is 8. The van der Waals surface area contributed by atoms with E-state index in [1.165, 1.54) is 11.8 Å². The van der Waals surface area contributed by atoms with E-state index in [0.29, 0.717) is 11.4 Å². The molecule has 0 radical (unpaired) electrons. The van der Waals surface area contributed by atoms with Gasteiger partial charge in [-0.25, -0.2) is 13.4 Å². The molecule has 0 bridgehead atoms. The normalized spacial score (nSPS) is 11.5. The summed E-state index contributed by atoms with van der Waals surface area (Å²) < 4.78 is 25.2. The molecule has 36 heavy (non-hydrogen) atoms. The van der Waals surface area contributed by atoms with Crippen molar-refractivity contribution in [2.24, 2.45) is 0 Å². The van der Waals surface area contributed by atoms with Crippen LogP contribution >= 0.6 is 11.8 Å². The lowest BCUT2D eigenvalue weighted by Gasteiger charge is -2.17. The van der Waals surface area contributed by atoms with Gasteiger partial charge in [0.1, 0.15) is 0 Å². The second-order valence-corrected chi connectivity index (χ2v) is 11.7. The zero-order valence-electron chi connectivity index (χ0n) is 20.9. The fourth-order valence-corrected chi connectivity index (χ4v) is 5.33. The molecule has 10 heteroatoms. The number of hydrogen-bond acceptors (Lipinski definition) is 7. The van der Waals surface area contributed by atoms with Gasteiger partial charge < -0.3 is 15.1 Å². The molecule has 1 aromatic heterocycles. The summed E-state index contributed by atoms with van der Waals surface area (Å²) in [6.45, 7) is 0. The van der Waals surface area contributed by atoms with Gasteiger partial charge in [-0.1, -0.05) is 0 Å². The number of hydrogen-bond donors (Lipinski definition) is 2. The van der Waals surface area contributed by atoms with Gasteiger partial charge in [-0.3, -0.25) is 9.52 Å². The lowest BCUT2D eigenvalue weighted by atomic mass is 10.1. The number of aromatic nitrogens is 1. The molecule has 1 heterocycles. The molecule has 1 amide bonds. The molecule has 0 spiro atoms. The first-order chi connectivity index (χ1) is 17.0. The van der Waals surface area contributed by atoms with E-state index in [1.54, 1.807) is 24.3 Å². The number of benzene rings is 3. The molecule has 188 valence electrons. The van der Waals surface area contributed by atoms with Crippen molar-refractivity contribution in [2.45, 2.75) is 4.90 Å². The van der Waals surface area contributed by atoms with E-state index in [9.17, 15) is 13.2 Å². The van der Waals surface area contributed by atoms with Crippen molar-refractivity contribution in [3.63, 3.8) is 0 Å². The van der Waals surface area contributed by atoms with Gasteiger partial charge in [0.15, 0.2) is 0 Å². The molecule has 0 saturated heterocycles. The highest BCUT2D eigenvalue weighted by Crippen LogP contribution is 2.36. The summed E-state index contributed by atoms with van der Waals surface area (Å²) in [5, 5.41) is 4.88. The third-order valence-corrected chi connectivity index (χ3v) is 7.29. The van der Waals surface area contributed by atoms with E-state index in [4.69, 9.17) is 4.98 Å². The second kappa shape index (κ2) is 10.2. The smallest absolute Gasteiger partial charge is 0.234 e. The van der Waals surface area contributed by atoms with Crippen molar-refractivity contribution >= 4 is 72.2 Å². The second-order valence-electron chi connectivity index (χ2n) is 8.92. The first-order valence-corrected chi connectivity index (χ1v) is 14.1. The van der Waals surface area contributed by atoms with Gasteiger partial charge in [-0.05, 0) is 60.7 Å². The molecule has 0 saturated carbocycles. The van der Waals surface area contributed by atoms with Crippen molar-refractivity contribution in [3.05, 3.63) is 60.7 Å². The van der Waals surface area contributed by atoms with Crippen molar-refractivity contribution < 1.29 is 13.2 Å². The van der Waals surface area contributed by atoms with Crippen LogP contribution in [0.2, 0.25) is 0 Å². The van der Waals surface area contributed by atoms with Crippen LogP contribution in [-0.2, 0) is 14.8 Å². The van der Waals surface area contributed by atoms with Gasteiger partial charge in [0.05, 0.1) is 23.0 Å². The van der Waals surface area contributed by atoms with E-state index in [-0.39, 0.29) is 11.7 Å². The maximum absolute atomic E-state index is 12.8. The van der Waals surface area contributed by atoms with E-state index in [2.05, 4.69) is 46.4 Å².